The van der Waals surface area contributed by atoms with E-state index in [-0.39, 0.29) is 18.2 Å². The van der Waals surface area contributed by atoms with Crippen LogP contribution in [0.3, 0.4) is 0 Å². The summed E-state index contributed by atoms with van der Waals surface area (Å²) in [5.41, 5.74) is 3.60. The number of halogens is 2. The summed E-state index contributed by atoms with van der Waals surface area (Å²) in [6.45, 7) is 2.28. The Kier molecular flexibility index (Phi) is 7.55. The summed E-state index contributed by atoms with van der Waals surface area (Å²) in [5.74, 6) is -0.988. The van der Waals surface area contributed by atoms with Gasteiger partial charge < -0.3 is 4.74 Å². The van der Waals surface area contributed by atoms with Crippen LogP contribution in [0.5, 0.6) is 0 Å². The van der Waals surface area contributed by atoms with Crippen molar-refractivity contribution in [1.29, 1.82) is 0 Å². The third-order valence-electron chi connectivity index (χ3n) is 3.98. The number of rotatable bonds is 8. The Morgan fingerprint density at radius 3 is 2.60 bits per heavy atom. The van der Waals surface area contributed by atoms with Gasteiger partial charge in [-0.25, -0.2) is 9.87 Å². The van der Waals surface area contributed by atoms with Crippen molar-refractivity contribution in [2.45, 2.75) is 31.8 Å². The first-order valence-electron chi connectivity index (χ1n) is 8.08. The fourth-order valence-electron chi connectivity index (χ4n) is 2.85. The van der Waals surface area contributed by atoms with E-state index >= 15 is 0 Å². The molecule has 0 fully saturated rings. The molecule has 0 saturated heterocycles. The first kappa shape index (κ1) is 19.6. The minimum atomic E-state index is -0.514. The molecular weight excluding hydrogens is 389 g/mol. The van der Waals surface area contributed by atoms with Crippen LogP contribution in [0.1, 0.15) is 30.4 Å². The molecule has 2 rings (SSSR count). The predicted octanol–water partition coefficient (Wildman–Crippen LogP) is 4.22. The first-order chi connectivity index (χ1) is 12.0. The highest BCUT2D eigenvalue weighted by atomic mass is 79.9. The Morgan fingerprint density at radius 2 is 2.00 bits per heavy atom. The van der Waals surface area contributed by atoms with Gasteiger partial charge in [0.15, 0.2) is 0 Å². The van der Waals surface area contributed by atoms with Gasteiger partial charge in [0.25, 0.3) is 0 Å². The smallest absolute Gasteiger partial charge is 0.245 e. The second kappa shape index (κ2) is 9.65. The standard InChI is InChI=1S/C19H21BrFNO3/c1-2-25-18(12-19(23)22-24)17(14-6-8-16(21)9-7-14)11-13-4-3-5-15(20)10-13/h3-10,17-18,24H,2,11-12H2,1H3,(H,22,23). The van der Waals surface area contributed by atoms with Gasteiger partial charge >= 0.3 is 0 Å². The molecule has 0 saturated carbocycles. The lowest BCUT2D eigenvalue weighted by atomic mass is 9.85. The van der Waals surface area contributed by atoms with Crippen molar-refractivity contribution in [2.24, 2.45) is 0 Å². The number of hydrogen-bond acceptors (Lipinski definition) is 3. The van der Waals surface area contributed by atoms with Crippen LogP contribution >= 0.6 is 15.9 Å². The van der Waals surface area contributed by atoms with E-state index in [1.165, 1.54) is 12.1 Å². The number of ether oxygens (including phenoxy) is 1. The van der Waals surface area contributed by atoms with Gasteiger partial charge in [-0.2, -0.15) is 0 Å². The van der Waals surface area contributed by atoms with Crippen molar-refractivity contribution in [3.63, 3.8) is 0 Å². The number of nitrogens with one attached hydrogen (secondary N) is 1. The third kappa shape index (κ3) is 5.92. The van der Waals surface area contributed by atoms with E-state index < -0.39 is 12.0 Å². The van der Waals surface area contributed by atoms with Crippen LogP contribution in [-0.2, 0) is 16.0 Å². The van der Waals surface area contributed by atoms with Crippen molar-refractivity contribution in [1.82, 2.24) is 5.48 Å². The van der Waals surface area contributed by atoms with Gasteiger partial charge in [0, 0.05) is 17.0 Å². The Balaban J connectivity index is 2.34. The van der Waals surface area contributed by atoms with Crippen molar-refractivity contribution in [2.75, 3.05) is 6.61 Å². The fourth-order valence-corrected chi connectivity index (χ4v) is 3.30. The molecule has 0 aliphatic rings. The average molecular weight is 410 g/mol. The molecule has 0 aromatic heterocycles. The summed E-state index contributed by atoms with van der Waals surface area (Å²) in [6, 6.07) is 14.1. The van der Waals surface area contributed by atoms with E-state index in [2.05, 4.69) is 15.9 Å². The van der Waals surface area contributed by atoms with Crippen molar-refractivity contribution >= 4 is 21.8 Å². The van der Waals surface area contributed by atoms with Gasteiger partial charge in [0.05, 0.1) is 12.5 Å². The number of hydrogen-bond donors (Lipinski definition) is 2. The topological polar surface area (TPSA) is 58.6 Å². The molecule has 2 unspecified atom stereocenters. The van der Waals surface area contributed by atoms with E-state index in [1.54, 1.807) is 17.6 Å². The molecule has 6 heteroatoms. The Morgan fingerprint density at radius 1 is 1.28 bits per heavy atom. The molecule has 0 aliphatic heterocycles. The Labute approximate surface area is 155 Å². The van der Waals surface area contributed by atoms with Crippen LogP contribution < -0.4 is 5.48 Å². The van der Waals surface area contributed by atoms with Crippen LogP contribution in [0, 0.1) is 5.82 Å². The van der Waals surface area contributed by atoms with E-state index in [4.69, 9.17) is 9.94 Å². The summed E-state index contributed by atoms with van der Waals surface area (Å²) in [6.07, 6.45) is 0.191. The van der Waals surface area contributed by atoms with E-state index in [9.17, 15) is 9.18 Å². The van der Waals surface area contributed by atoms with Crippen LogP contribution in [0.25, 0.3) is 0 Å². The average Bonchev–Trinajstić information content (AvgIpc) is 2.60. The maximum Gasteiger partial charge on any atom is 0.245 e. The SMILES string of the molecule is CCOC(CC(=O)NO)C(Cc1cccc(Br)c1)c1ccc(F)cc1. The molecule has 4 nitrogen and oxygen atoms in total. The molecule has 0 aliphatic carbocycles. The molecule has 1 amide bonds. The van der Waals surface area contributed by atoms with E-state index in [1.807, 2.05) is 31.2 Å². The fraction of sp³-hybridized carbons (Fsp3) is 0.316. The zero-order chi connectivity index (χ0) is 18.2. The lowest BCUT2D eigenvalue weighted by Gasteiger charge is -2.27. The maximum atomic E-state index is 13.3. The van der Waals surface area contributed by atoms with Gasteiger partial charge in [-0.1, -0.05) is 40.2 Å². The molecule has 0 spiro atoms. The van der Waals surface area contributed by atoms with Crippen LogP contribution in [0.4, 0.5) is 4.39 Å². The Bertz CT molecular complexity index is 693. The summed E-state index contributed by atoms with van der Waals surface area (Å²) in [7, 11) is 0. The van der Waals surface area contributed by atoms with E-state index in [0.717, 1.165) is 15.6 Å². The lowest BCUT2D eigenvalue weighted by Crippen LogP contribution is -2.31. The highest BCUT2D eigenvalue weighted by Crippen LogP contribution is 2.29. The van der Waals surface area contributed by atoms with Crippen molar-refractivity contribution in [3.8, 4) is 0 Å². The number of hydroxylamine groups is 1. The van der Waals surface area contributed by atoms with Gasteiger partial charge in [-0.15, -0.1) is 0 Å². The first-order valence-corrected chi connectivity index (χ1v) is 8.87. The summed E-state index contributed by atoms with van der Waals surface area (Å²) >= 11 is 3.46. The minimum absolute atomic E-state index is 0.0143. The second-order valence-electron chi connectivity index (χ2n) is 5.72. The molecule has 0 bridgehead atoms. The number of carbonyl (C=O) groups is 1. The summed E-state index contributed by atoms with van der Waals surface area (Å²) in [4.78, 5) is 11.7. The lowest BCUT2D eigenvalue weighted by molar-refractivity contribution is -0.132. The maximum absolute atomic E-state index is 13.3. The third-order valence-corrected chi connectivity index (χ3v) is 4.48. The molecule has 2 aromatic carbocycles. The molecule has 0 radical (unpaired) electrons. The minimum Gasteiger partial charge on any atom is -0.377 e. The van der Waals surface area contributed by atoms with E-state index in [0.29, 0.717) is 13.0 Å². The zero-order valence-corrected chi connectivity index (χ0v) is 15.5. The highest BCUT2D eigenvalue weighted by Gasteiger charge is 2.26. The van der Waals surface area contributed by atoms with Crippen LogP contribution in [0.15, 0.2) is 53.0 Å². The Hall–Kier alpha value is -1.76. The quantitative estimate of drug-likeness (QED) is 0.506. The number of amides is 1. The molecule has 2 atom stereocenters. The summed E-state index contributed by atoms with van der Waals surface area (Å²) < 4.78 is 20.1. The predicted molar refractivity (Wildman–Crippen MR) is 96.9 cm³/mol. The normalized spacial score (nSPS) is 13.3. The largest absolute Gasteiger partial charge is 0.377 e. The molecule has 134 valence electrons. The van der Waals surface area contributed by atoms with Gasteiger partial charge in [-0.05, 0) is 48.7 Å². The summed E-state index contributed by atoms with van der Waals surface area (Å²) in [5, 5.41) is 8.86. The van der Waals surface area contributed by atoms with Crippen molar-refractivity contribution < 1.29 is 19.1 Å². The zero-order valence-electron chi connectivity index (χ0n) is 13.9. The van der Waals surface area contributed by atoms with Crippen molar-refractivity contribution in [3.05, 3.63) is 69.9 Å². The molecule has 25 heavy (non-hydrogen) atoms. The molecule has 2 N–H and O–H groups in total. The molecular formula is C19H21BrFNO3. The monoisotopic (exact) mass is 409 g/mol. The van der Waals surface area contributed by atoms with Crippen LogP contribution in [-0.4, -0.2) is 23.8 Å². The molecule has 2 aromatic rings. The second-order valence-corrected chi connectivity index (χ2v) is 6.64. The number of benzene rings is 2. The van der Waals surface area contributed by atoms with Gasteiger partial charge in [0.2, 0.25) is 5.91 Å². The number of carbonyl (C=O) groups excluding carboxylic acids is 1. The highest BCUT2D eigenvalue weighted by molar-refractivity contribution is 9.10. The van der Waals surface area contributed by atoms with Crippen LogP contribution in [0.2, 0.25) is 0 Å². The van der Waals surface area contributed by atoms with Gasteiger partial charge in [-0.3, -0.25) is 10.0 Å². The molecule has 0 heterocycles. The van der Waals surface area contributed by atoms with Gasteiger partial charge in [0.1, 0.15) is 5.82 Å².